The first kappa shape index (κ1) is 13.7. The summed E-state index contributed by atoms with van der Waals surface area (Å²) >= 11 is 7.56. The quantitative estimate of drug-likeness (QED) is 0.770. The molecule has 110 valence electrons. The lowest BCUT2D eigenvalue weighted by molar-refractivity contribution is 0.102. The molecule has 0 atom stereocenters. The van der Waals surface area contributed by atoms with Crippen molar-refractivity contribution in [1.29, 1.82) is 0 Å². The highest BCUT2D eigenvalue weighted by Crippen LogP contribution is 2.39. The van der Waals surface area contributed by atoms with E-state index in [-0.39, 0.29) is 5.91 Å². The van der Waals surface area contributed by atoms with E-state index in [1.165, 1.54) is 16.8 Å². The fourth-order valence-corrected chi connectivity index (χ4v) is 4.16. The minimum absolute atomic E-state index is 0.186. The molecule has 4 rings (SSSR count). The number of amides is 1. The van der Waals surface area contributed by atoms with Crippen LogP contribution in [0.25, 0.3) is 10.2 Å². The number of halogens is 1. The molecule has 0 radical (unpaired) electrons. The summed E-state index contributed by atoms with van der Waals surface area (Å²) in [7, 11) is 0. The molecule has 1 N–H and O–H groups in total. The summed E-state index contributed by atoms with van der Waals surface area (Å²) in [6.45, 7) is 0. The van der Waals surface area contributed by atoms with Crippen molar-refractivity contribution in [2.75, 3.05) is 5.32 Å². The number of anilines is 1. The van der Waals surface area contributed by atoms with E-state index in [9.17, 15) is 4.79 Å². The number of thiophene rings is 1. The Morgan fingerprint density at radius 1 is 1.18 bits per heavy atom. The molecular formula is C16H12ClN3OS. The first-order valence-electron chi connectivity index (χ1n) is 7.04. The monoisotopic (exact) mass is 329 g/mol. The Balaban J connectivity index is 1.72. The molecule has 6 heteroatoms. The Morgan fingerprint density at radius 3 is 2.82 bits per heavy atom. The number of nitrogens with one attached hydrogen (secondary N) is 1. The van der Waals surface area contributed by atoms with Crippen LogP contribution < -0.4 is 5.32 Å². The molecule has 4 nitrogen and oxygen atoms in total. The van der Waals surface area contributed by atoms with E-state index in [1.807, 2.05) is 0 Å². The number of nitrogens with zero attached hydrogens (tertiary/aromatic N) is 2. The van der Waals surface area contributed by atoms with Gasteiger partial charge in [0.05, 0.1) is 5.39 Å². The molecule has 2 aromatic heterocycles. The van der Waals surface area contributed by atoms with Crippen LogP contribution in [0.1, 0.15) is 27.2 Å². The van der Waals surface area contributed by atoms with Crippen LogP contribution in [0.5, 0.6) is 0 Å². The van der Waals surface area contributed by atoms with Gasteiger partial charge in [-0.15, -0.1) is 11.3 Å². The summed E-state index contributed by atoms with van der Waals surface area (Å²) in [5.41, 5.74) is 1.86. The van der Waals surface area contributed by atoms with Crippen LogP contribution in [0, 0.1) is 0 Å². The standard InChI is InChI=1S/C16H12ClN3OS/c17-10-6-4-9(5-7-10)15(21)20-14-13-11-2-1-3-12(11)22-16(13)19-8-18-14/h4-8H,1-3H2,(H,18,19,20,21). The van der Waals surface area contributed by atoms with Gasteiger partial charge in [-0.3, -0.25) is 4.79 Å². The van der Waals surface area contributed by atoms with Crippen molar-refractivity contribution in [3.8, 4) is 0 Å². The zero-order valence-electron chi connectivity index (χ0n) is 11.6. The molecule has 3 aromatic rings. The minimum Gasteiger partial charge on any atom is -0.306 e. The molecule has 1 aliphatic carbocycles. The lowest BCUT2D eigenvalue weighted by Gasteiger charge is -2.06. The maximum absolute atomic E-state index is 12.4. The van der Waals surface area contributed by atoms with Crippen molar-refractivity contribution < 1.29 is 4.79 Å². The molecular weight excluding hydrogens is 318 g/mol. The van der Waals surface area contributed by atoms with Gasteiger partial charge in [0.25, 0.3) is 5.91 Å². The topological polar surface area (TPSA) is 54.9 Å². The third kappa shape index (κ3) is 2.26. The van der Waals surface area contributed by atoms with Crippen molar-refractivity contribution in [3.05, 3.63) is 51.6 Å². The van der Waals surface area contributed by atoms with Crippen molar-refractivity contribution in [1.82, 2.24) is 9.97 Å². The number of carbonyl (C=O) groups excluding carboxylic acids is 1. The smallest absolute Gasteiger partial charge is 0.256 e. The number of hydrogen-bond donors (Lipinski definition) is 1. The Morgan fingerprint density at radius 2 is 2.00 bits per heavy atom. The number of aromatic nitrogens is 2. The lowest BCUT2D eigenvalue weighted by Crippen LogP contribution is -2.13. The van der Waals surface area contributed by atoms with E-state index >= 15 is 0 Å². The third-order valence-electron chi connectivity index (χ3n) is 3.84. The van der Waals surface area contributed by atoms with E-state index in [0.717, 1.165) is 29.5 Å². The highest BCUT2D eigenvalue weighted by Gasteiger charge is 2.22. The molecule has 0 saturated carbocycles. The van der Waals surface area contributed by atoms with Crippen LogP contribution in [0.15, 0.2) is 30.6 Å². The first-order valence-corrected chi connectivity index (χ1v) is 8.24. The van der Waals surface area contributed by atoms with Gasteiger partial charge in [-0.2, -0.15) is 0 Å². The van der Waals surface area contributed by atoms with E-state index in [2.05, 4.69) is 15.3 Å². The van der Waals surface area contributed by atoms with Crippen molar-refractivity contribution in [2.24, 2.45) is 0 Å². The van der Waals surface area contributed by atoms with Gasteiger partial charge >= 0.3 is 0 Å². The largest absolute Gasteiger partial charge is 0.306 e. The van der Waals surface area contributed by atoms with Gasteiger partial charge in [0.1, 0.15) is 17.0 Å². The van der Waals surface area contributed by atoms with Gasteiger partial charge in [0.2, 0.25) is 0 Å². The second kappa shape index (κ2) is 5.34. The molecule has 0 bridgehead atoms. The summed E-state index contributed by atoms with van der Waals surface area (Å²) in [5, 5.41) is 4.52. The summed E-state index contributed by atoms with van der Waals surface area (Å²) in [6.07, 6.45) is 4.80. The molecule has 0 saturated heterocycles. The molecule has 2 heterocycles. The minimum atomic E-state index is -0.186. The molecule has 1 aromatic carbocycles. The van der Waals surface area contributed by atoms with Gasteiger partial charge in [-0.1, -0.05) is 11.6 Å². The van der Waals surface area contributed by atoms with Gasteiger partial charge in [-0.25, -0.2) is 9.97 Å². The highest BCUT2D eigenvalue weighted by atomic mass is 35.5. The fraction of sp³-hybridized carbons (Fsp3) is 0.188. The fourth-order valence-electron chi connectivity index (χ4n) is 2.80. The predicted octanol–water partition coefficient (Wildman–Crippen LogP) is 4.09. The number of benzene rings is 1. The number of carbonyl (C=O) groups is 1. The van der Waals surface area contributed by atoms with Crippen LogP contribution in [0.2, 0.25) is 5.02 Å². The second-order valence-electron chi connectivity index (χ2n) is 5.22. The SMILES string of the molecule is O=C(Nc1ncnc2sc3c(c12)CCC3)c1ccc(Cl)cc1. The maximum Gasteiger partial charge on any atom is 0.256 e. The Labute approximate surface area is 136 Å². The Hall–Kier alpha value is -1.98. The summed E-state index contributed by atoms with van der Waals surface area (Å²) in [6, 6.07) is 6.81. The summed E-state index contributed by atoms with van der Waals surface area (Å²) < 4.78 is 0. The van der Waals surface area contributed by atoms with Gasteiger partial charge in [0.15, 0.2) is 0 Å². The number of rotatable bonds is 2. The second-order valence-corrected chi connectivity index (χ2v) is 6.74. The summed E-state index contributed by atoms with van der Waals surface area (Å²) in [4.78, 5) is 23.3. The number of hydrogen-bond acceptors (Lipinski definition) is 4. The van der Waals surface area contributed by atoms with Gasteiger partial charge in [-0.05, 0) is 49.1 Å². The van der Waals surface area contributed by atoms with E-state index in [0.29, 0.717) is 16.4 Å². The summed E-state index contributed by atoms with van der Waals surface area (Å²) in [5.74, 6) is 0.416. The molecule has 0 aliphatic heterocycles. The molecule has 1 amide bonds. The van der Waals surface area contributed by atoms with Gasteiger partial charge in [0, 0.05) is 15.5 Å². The van der Waals surface area contributed by atoms with Crippen molar-refractivity contribution >= 4 is 44.9 Å². The Kier molecular flexibility index (Phi) is 3.32. The van der Waals surface area contributed by atoms with Crippen molar-refractivity contribution in [3.63, 3.8) is 0 Å². The normalized spacial score (nSPS) is 13.3. The molecule has 1 aliphatic rings. The van der Waals surface area contributed by atoms with E-state index in [1.54, 1.807) is 35.6 Å². The molecule has 22 heavy (non-hydrogen) atoms. The zero-order chi connectivity index (χ0) is 15.1. The van der Waals surface area contributed by atoms with Crippen LogP contribution in [0.3, 0.4) is 0 Å². The number of aryl methyl sites for hydroxylation is 2. The maximum atomic E-state index is 12.4. The first-order chi connectivity index (χ1) is 10.7. The van der Waals surface area contributed by atoms with Crippen LogP contribution in [0.4, 0.5) is 5.82 Å². The van der Waals surface area contributed by atoms with Crippen LogP contribution in [-0.2, 0) is 12.8 Å². The third-order valence-corrected chi connectivity index (χ3v) is 5.29. The zero-order valence-corrected chi connectivity index (χ0v) is 13.2. The Bertz CT molecular complexity index is 873. The van der Waals surface area contributed by atoms with E-state index in [4.69, 9.17) is 11.6 Å². The van der Waals surface area contributed by atoms with E-state index < -0.39 is 0 Å². The predicted molar refractivity (Wildman–Crippen MR) is 88.8 cm³/mol. The lowest BCUT2D eigenvalue weighted by atomic mass is 10.1. The molecule has 0 unspecified atom stereocenters. The van der Waals surface area contributed by atoms with Crippen LogP contribution in [-0.4, -0.2) is 15.9 Å². The van der Waals surface area contributed by atoms with Crippen LogP contribution >= 0.6 is 22.9 Å². The average molecular weight is 330 g/mol. The van der Waals surface area contributed by atoms with Crippen molar-refractivity contribution in [2.45, 2.75) is 19.3 Å². The average Bonchev–Trinajstić information content (AvgIpc) is 3.08. The van der Waals surface area contributed by atoms with Gasteiger partial charge < -0.3 is 5.32 Å². The molecule has 0 fully saturated rings. The molecule has 0 spiro atoms. The number of fused-ring (bicyclic) bond motifs is 3. The highest BCUT2D eigenvalue weighted by molar-refractivity contribution is 7.19.